The summed E-state index contributed by atoms with van der Waals surface area (Å²) in [5.41, 5.74) is 2.48. The van der Waals surface area contributed by atoms with Crippen molar-refractivity contribution in [1.29, 1.82) is 0 Å². The molecule has 0 fully saturated rings. The Hall–Kier alpha value is -3.09. The van der Waals surface area contributed by atoms with E-state index in [9.17, 15) is 14.4 Å². The van der Waals surface area contributed by atoms with Gasteiger partial charge >= 0.3 is 5.97 Å². The van der Waals surface area contributed by atoms with E-state index in [0.29, 0.717) is 30.9 Å². The summed E-state index contributed by atoms with van der Waals surface area (Å²) in [5.74, 6) is 0.0120. The summed E-state index contributed by atoms with van der Waals surface area (Å²) < 4.78 is 11.3. The van der Waals surface area contributed by atoms with Crippen molar-refractivity contribution in [3.05, 3.63) is 47.1 Å². The Morgan fingerprint density at radius 1 is 1.21 bits per heavy atom. The van der Waals surface area contributed by atoms with Gasteiger partial charge in [0.25, 0.3) is 0 Å². The minimum absolute atomic E-state index is 0.0268. The van der Waals surface area contributed by atoms with E-state index in [1.807, 2.05) is 18.2 Å². The number of hydrogen-bond acceptors (Lipinski definition) is 5. The maximum atomic E-state index is 12.8. The van der Waals surface area contributed by atoms with E-state index in [1.54, 1.807) is 31.3 Å². The summed E-state index contributed by atoms with van der Waals surface area (Å²) in [5, 5.41) is 8.95. The second-order valence-corrected chi connectivity index (χ2v) is 7.62. The van der Waals surface area contributed by atoms with E-state index < -0.39 is 11.4 Å². The number of fused-ring (bicyclic) bond motifs is 1. The molecule has 1 heterocycles. The molecule has 0 saturated carbocycles. The molecule has 152 valence electrons. The highest BCUT2D eigenvalue weighted by Crippen LogP contribution is 2.58. The Morgan fingerprint density at radius 3 is 2.55 bits per heavy atom. The highest BCUT2D eigenvalue weighted by molar-refractivity contribution is 6.01. The van der Waals surface area contributed by atoms with Crippen LogP contribution in [-0.4, -0.2) is 48.4 Å². The van der Waals surface area contributed by atoms with Crippen LogP contribution in [0.4, 0.5) is 0 Å². The first-order chi connectivity index (χ1) is 13.9. The third kappa shape index (κ3) is 3.01. The Bertz CT molecular complexity index is 945. The van der Waals surface area contributed by atoms with Crippen molar-refractivity contribution in [1.82, 2.24) is 4.90 Å². The molecule has 1 aromatic carbocycles. The van der Waals surface area contributed by atoms with Gasteiger partial charge in [0.2, 0.25) is 5.91 Å². The standard InChI is InChI=1S/C22H23NO6/c1-28-16-11-13-7-10-23(17(25)3-4-18(26)27)15-12-22(8-5-14(24)6-9-22)20(19(13)15)21(16)29-2/h5-6,8-9,11,15H,3-4,7,10,12H2,1-2H3,(H,26,27)/t15-/m1/s1. The number of carboxylic acids is 1. The van der Waals surface area contributed by atoms with Crippen LogP contribution in [-0.2, 0) is 26.2 Å². The van der Waals surface area contributed by atoms with Crippen LogP contribution < -0.4 is 9.47 Å². The molecule has 7 nitrogen and oxygen atoms in total. The highest BCUT2D eigenvalue weighted by atomic mass is 16.5. The largest absolute Gasteiger partial charge is 0.493 e. The van der Waals surface area contributed by atoms with Gasteiger partial charge in [0, 0.05) is 23.9 Å². The first-order valence-corrected chi connectivity index (χ1v) is 9.62. The lowest BCUT2D eigenvalue weighted by Crippen LogP contribution is -2.39. The Morgan fingerprint density at radius 2 is 1.93 bits per heavy atom. The van der Waals surface area contributed by atoms with Crippen LogP contribution in [0.3, 0.4) is 0 Å². The van der Waals surface area contributed by atoms with E-state index in [4.69, 9.17) is 14.6 Å². The molecular formula is C22H23NO6. The predicted molar refractivity (Wildman–Crippen MR) is 104 cm³/mol. The summed E-state index contributed by atoms with van der Waals surface area (Å²) in [4.78, 5) is 37.3. The zero-order valence-electron chi connectivity index (χ0n) is 16.4. The molecule has 0 bridgehead atoms. The van der Waals surface area contributed by atoms with Crippen LogP contribution >= 0.6 is 0 Å². The number of ketones is 1. The third-order valence-corrected chi connectivity index (χ3v) is 6.09. The van der Waals surface area contributed by atoms with Crippen molar-refractivity contribution in [2.45, 2.75) is 37.1 Å². The van der Waals surface area contributed by atoms with Crippen molar-refractivity contribution < 1.29 is 29.0 Å². The SMILES string of the molecule is COc1cc2c3c(c1OC)C1(C=CC(=O)C=C1)C[C@H]3N(C(=O)CCC(=O)O)CC2. The molecule has 7 heteroatoms. The monoisotopic (exact) mass is 397 g/mol. The number of ether oxygens (including phenoxy) is 2. The van der Waals surface area contributed by atoms with Gasteiger partial charge in [0.05, 0.1) is 26.7 Å². The molecule has 1 N–H and O–H groups in total. The highest BCUT2D eigenvalue weighted by Gasteiger charge is 2.50. The molecule has 1 atom stereocenters. The number of carbonyl (C=O) groups is 3. The molecule has 0 radical (unpaired) electrons. The number of carbonyl (C=O) groups excluding carboxylic acids is 2. The zero-order chi connectivity index (χ0) is 20.8. The molecule has 0 unspecified atom stereocenters. The van der Waals surface area contributed by atoms with E-state index in [2.05, 4.69) is 0 Å². The van der Waals surface area contributed by atoms with Crippen LogP contribution in [0.5, 0.6) is 11.5 Å². The smallest absolute Gasteiger partial charge is 0.303 e. The number of amides is 1. The van der Waals surface area contributed by atoms with Gasteiger partial charge in [-0.2, -0.15) is 0 Å². The molecule has 0 saturated heterocycles. The lowest BCUT2D eigenvalue weighted by molar-refractivity contribution is -0.142. The first-order valence-electron chi connectivity index (χ1n) is 9.62. The minimum Gasteiger partial charge on any atom is -0.493 e. The molecule has 1 spiro atoms. The number of methoxy groups -OCH3 is 2. The number of hydrogen-bond donors (Lipinski definition) is 1. The van der Waals surface area contributed by atoms with Crippen molar-refractivity contribution in [2.24, 2.45) is 0 Å². The topological polar surface area (TPSA) is 93.1 Å². The van der Waals surface area contributed by atoms with E-state index in [1.165, 1.54) is 0 Å². The Labute approximate surface area is 168 Å². The van der Waals surface area contributed by atoms with Gasteiger partial charge in [0.1, 0.15) is 0 Å². The zero-order valence-corrected chi connectivity index (χ0v) is 16.4. The summed E-state index contributed by atoms with van der Waals surface area (Å²) in [6.07, 6.45) is 7.89. The van der Waals surface area contributed by atoms with Crippen LogP contribution in [0.1, 0.15) is 42.0 Å². The molecule has 4 rings (SSSR count). The fourth-order valence-corrected chi connectivity index (χ4v) is 4.83. The second-order valence-electron chi connectivity index (χ2n) is 7.62. The number of aliphatic carboxylic acids is 1. The molecule has 3 aliphatic rings. The molecule has 29 heavy (non-hydrogen) atoms. The summed E-state index contributed by atoms with van der Waals surface area (Å²) in [7, 11) is 3.18. The van der Waals surface area contributed by atoms with Crippen molar-refractivity contribution in [2.75, 3.05) is 20.8 Å². The van der Waals surface area contributed by atoms with E-state index in [0.717, 1.165) is 16.7 Å². The van der Waals surface area contributed by atoms with Gasteiger partial charge in [-0.15, -0.1) is 0 Å². The lowest BCUT2D eigenvalue weighted by atomic mass is 9.77. The van der Waals surface area contributed by atoms with Gasteiger partial charge < -0.3 is 19.5 Å². The summed E-state index contributed by atoms with van der Waals surface area (Å²) in [6.45, 7) is 0.521. The molecule has 1 aromatic rings. The van der Waals surface area contributed by atoms with Gasteiger partial charge in [-0.3, -0.25) is 14.4 Å². The summed E-state index contributed by atoms with van der Waals surface area (Å²) >= 11 is 0. The fraction of sp³-hybridized carbons (Fsp3) is 0.409. The Kier molecular flexibility index (Phi) is 4.68. The van der Waals surface area contributed by atoms with Crippen LogP contribution in [0.15, 0.2) is 30.4 Å². The van der Waals surface area contributed by atoms with Crippen LogP contribution in [0.2, 0.25) is 0 Å². The molecular weight excluding hydrogens is 374 g/mol. The first kappa shape index (κ1) is 19.2. The van der Waals surface area contributed by atoms with Crippen LogP contribution in [0.25, 0.3) is 0 Å². The molecule has 1 amide bonds. The number of rotatable bonds is 5. The molecule has 0 aromatic heterocycles. The maximum Gasteiger partial charge on any atom is 0.303 e. The van der Waals surface area contributed by atoms with Crippen molar-refractivity contribution in [3.63, 3.8) is 0 Å². The third-order valence-electron chi connectivity index (χ3n) is 6.09. The second kappa shape index (κ2) is 7.06. The van der Waals surface area contributed by atoms with Gasteiger partial charge in [-0.05, 0) is 42.2 Å². The lowest BCUT2D eigenvalue weighted by Gasteiger charge is -2.35. The van der Waals surface area contributed by atoms with E-state index >= 15 is 0 Å². The fourth-order valence-electron chi connectivity index (χ4n) is 4.83. The normalized spacial score (nSPS) is 20.7. The Balaban J connectivity index is 1.84. The quantitative estimate of drug-likeness (QED) is 0.820. The van der Waals surface area contributed by atoms with Crippen molar-refractivity contribution in [3.8, 4) is 11.5 Å². The average molecular weight is 397 g/mol. The van der Waals surface area contributed by atoms with Gasteiger partial charge in [-0.1, -0.05) is 12.2 Å². The molecule has 1 aliphatic heterocycles. The maximum absolute atomic E-state index is 12.8. The number of benzene rings is 1. The van der Waals surface area contributed by atoms with Crippen molar-refractivity contribution >= 4 is 17.7 Å². The number of allylic oxidation sites excluding steroid dienone is 4. The predicted octanol–water partition coefficient (Wildman–Crippen LogP) is 2.33. The average Bonchev–Trinajstić information content (AvgIpc) is 3.04. The minimum atomic E-state index is -0.984. The summed E-state index contributed by atoms with van der Waals surface area (Å²) in [6, 6.07) is 1.77. The van der Waals surface area contributed by atoms with Gasteiger partial charge in [0.15, 0.2) is 17.3 Å². The molecule has 2 aliphatic carbocycles. The number of carboxylic acid groups (broad SMARTS) is 1. The van der Waals surface area contributed by atoms with E-state index in [-0.39, 0.29) is 30.6 Å². The van der Waals surface area contributed by atoms with Crippen LogP contribution in [0, 0.1) is 0 Å². The van der Waals surface area contributed by atoms with Gasteiger partial charge in [-0.25, -0.2) is 0 Å². The number of nitrogens with zero attached hydrogens (tertiary/aromatic N) is 1.